The molecule has 1 saturated heterocycles. The number of ether oxygens (including phenoxy) is 4. The van der Waals surface area contributed by atoms with Crippen LogP contribution in [0.2, 0.25) is 0 Å². The number of hydrogen-bond donors (Lipinski definition) is 0. The fourth-order valence-electron chi connectivity index (χ4n) is 4.39. The molecule has 0 saturated carbocycles. The molecule has 1 heterocycles. The molecule has 1 aliphatic heterocycles. The van der Waals surface area contributed by atoms with Gasteiger partial charge in [0.2, 0.25) is 0 Å². The highest BCUT2D eigenvalue weighted by Crippen LogP contribution is 2.22. The van der Waals surface area contributed by atoms with Crippen molar-refractivity contribution in [1.82, 2.24) is 0 Å². The highest BCUT2D eigenvalue weighted by atomic mass is 16.7. The van der Waals surface area contributed by atoms with Crippen LogP contribution in [-0.4, -0.2) is 37.8 Å². The molecule has 0 bridgehead atoms. The summed E-state index contributed by atoms with van der Waals surface area (Å²) in [5, 5.41) is 0. The number of rotatable bonds is 20. The van der Waals surface area contributed by atoms with Gasteiger partial charge in [-0.05, 0) is 25.8 Å². The Morgan fingerprint density at radius 1 is 0.879 bits per heavy atom. The summed E-state index contributed by atoms with van der Waals surface area (Å²) in [6, 6.07) is 10.4. The fraction of sp³-hybridized carbons (Fsp3) is 0.793. The fourth-order valence-corrected chi connectivity index (χ4v) is 4.39. The molecule has 4 nitrogen and oxygen atoms in total. The maximum Gasteiger partial charge on any atom is 0.163 e. The Hall–Kier alpha value is -0.940. The Labute approximate surface area is 203 Å². The molecule has 1 aromatic rings. The highest BCUT2D eigenvalue weighted by Gasteiger charge is 2.32. The Morgan fingerprint density at radius 3 is 2.06 bits per heavy atom. The summed E-state index contributed by atoms with van der Waals surface area (Å²) >= 11 is 0. The molecule has 0 radical (unpaired) electrons. The summed E-state index contributed by atoms with van der Waals surface area (Å²) in [6.07, 6.45) is 17.6. The van der Waals surface area contributed by atoms with E-state index in [2.05, 4.69) is 31.2 Å². The van der Waals surface area contributed by atoms with Crippen molar-refractivity contribution in [2.24, 2.45) is 0 Å². The van der Waals surface area contributed by atoms with Crippen LogP contribution in [-0.2, 0) is 25.6 Å². The molecule has 4 heteroatoms. The third kappa shape index (κ3) is 14.1. The SMILES string of the molecule is CCCCCCCCCCCCCCC(COCC1COC(C)(C)O1)OCc1ccccc1. The molecule has 33 heavy (non-hydrogen) atoms. The first-order valence-electron chi connectivity index (χ1n) is 13.6. The van der Waals surface area contributed by atoms with E-state index in [0.29, 0.717) is 26.4 Å². The molecule has 0 N–H and O–H groups in total. The lowest BCUT2D eigenvalue weighted by molar-refractivity contribution is -0.147. The molecule has 0 amide bonds. The quantitative estimate of drug-likeness (QED) is 0.185. The normalized spacial score (nSPS) is 18.6. The van der Waals surface area contributed by atoms with Gasteiger partial charge in [-0.3, -0.25) is 0 Å². The van der Waals surface area contributed by atoms with Gasteiger partial charge in [-0.2, -0.15) is 0 Å². The van der Waals surface area contributed by atoms with Gasteiger partial charge in [-0.1, -0.05) is 114 Å². The van der Waals surface area contributed by atoms with Gasteiger partial charge in [0.15, 0.2) is 5.79 Å². The Bertz CT molecular complexity index is 574. The maximum atomic E-state index is 6.24. The van der Waals surface area contributed by atoms with Crippen LogP contribution in [0.3, 0.4) is 0 Å². The van der Waals surface area contributed by atoms with Crippen LogP contribution < -0.4 is 0 Å². The second-order valence-electron chi connectivity index (χ2n) is 10.1. The molecular formula is C29H50O4. The van der Waals surface area contributed by atoms with E-state index in [9.17, 15) is 0 Å². The zero-order valence-corrected chi connectivity index (χ0v) is 21.7. The number of hydrogen-bond acceptors (Lipinski definition) is 4. The minimum atomic E-state index is -0.494. The second-order valence-corrected chi connectivity index (χ2v) is 10.1. The van der Waals surface area contributed by atoms with Crippen molar-refractivity contribution in [1.29, 1.82) is 0 Å². The van der Waals surface area contributed by atoms with Gasteiger partial charge in [0.25, 0.3) is 0 Å². The first-order valence-corrected chi connectivity index (χ1v) is 13.6. The van der Waals surface area contributed by atoms with E-state index in [1.807, 2.05) is 19.9 Å². The zero-order chi connectivity index (χ0) is 23.6. The largest absolute Gasteiger partial charge is 0.376 e. The minimum Gasteiger partial charge on any atom is -0.376 e. The van der Waals surface area contributed by atoms with Crippen LogP contribution in [0.4, 0.5) is 0 Å². The van der Waals surface area contributed by atoms with E-state index in [-0.39, 0.29) is 12.2 Å². The lowest BCUT2D eigenvalue weighted by Crippen LogP contribution is -2.27. The minimum absolute atomic E-state index is 0.0152. The molecule has 1 aromatic carbocycles. The summed E-state index contributed by atoms with van der Waals surface area (Å²) in [7, 11) is 0. The van der Waals surface area contributed by atoms with Crippen molar-refractivity contribution < 1.29 is 18.9 Å². The van der Waals surface area contributed by atoms with Crippen LogP contribution in [0.5, 0.6) is 0 Å². The smallest absolute Gasteiger partial charge is 0.163 e. The zero-order valence-electron chi connectivity index (χ0n) is 21.7. The predicted molar refractivity (Wildman–Crippen MR) is 136 cm³/mol. The molecule has 0 spiro atoms. The van der Waals surface area contributed by atoms with Gasteiger partial charge in [0, 0.05) is 0 Å². The first-order chi connectivity index (χ1) is 16.1. The monoisotopic (exact) mass is 462 g/mol. The first kappa shape index (κ1) is 28.3. The van der Waals surface area contributed by atoms with Crippen molar-refractivity contribution in [3.05, 3.63) is 35.9 Å². The van der Waals surface area contributed by atoms with Crippen LogP contribution in [0.1, 0.15) is 110 Å². The van der Waals surface area contributed by atoms with E-state index in [0.717, 1.165) is 6.42 Å². The number of unbranched alkanes of at least 4 members (excludes halogenated alkanes) is 11. The van der Waals surface area contributed by atoms with Crippen molar-refractivity contribution in [2.75, 3.05) is 19.8 Å². The molecule has 1 aliphatic rings. The Kier molecular flexibility index (Phi) is 15.0. The topological polar surface area (TPSA) is 36.9 Å². The maximum absolute atomic E-state index is 6.24. The van der Waals surface area contributed by atoms with Crippen LogP contribution >= 0.6 is 0 Å². The van der Waals surface area contributed by atoms with Crippen molar-refractivity contribution in [2.45, 2.75) is 129 Å². The van der Waals surface area contributed by atoms with E-state index < -0.39 is 5.79 Å². The lowest BCUT2D eigenvalue weighted by atomic mass is 10.0. The molecule has 2 rings (SSSR count). The Balaban J connectivity index is 1.56. The molecule has 2 atom stereocenters. The molecule has 1 fully saturated rings. The van der Waals surface area contributed by atoms with Crippen LogP contribution in [0, 0.1) is 0 Å². The molecule has 2 unspecified atom stereocenters. The molecule has 0 aliphatic carbocycles. The summed E-state index contributed by atoms with van der Waals surface area (Å²) in [5.41, 5.74) is 1.21. The summed E-state index contributed by atoms with van der Waals surface area (Å²) in [5.74, 6) is -0.494. The van der Waals surface area contributed by atoms with Gasteiger partial charge in [-0.25, -0.2) is 0 Å². The van der Waals surface area contributed by atoms with Crippen molar-refractivity contribution in [3.63, 3.8) is 0 Å². The summed E-state index contributed by atoms with van der Waals surface area (Å²) in [6.45, 7) is 8.60. The molecular weight excluding hydrogens is 412 g/mol. The molecule has 0 aromatic heterocycles. The third-order valence-corrected chi connectivity index (χ3v) is 6.38. The lowest BCUT2D eigenvalue weighted by Gasteiger charge is -2.20. The van der Waals surface area contributed by atoms with Crippen LogP contribution in [0.25, 0.3) is 0 Å². The third-order valence-electron chi connectivity index (χ3n) is 6.38. The predicted octanol–water partition coefficient (Wildman–Crippen LogP) is 7.83. The van der Waals surface area contributed by atoms with E-state index >= 15 is 0 Å². The second kappa shape index (κ2) is 17.5. The standard InChI is InChI=1S/C29H50O4/c1-4-5-6-7-8-9-10-11-12-13-14-18-21-27(31-22-26-19-16-15-17-20-26)23-30-24-28-25-32-29(2,3)33-28/h15-17,19-20,27-28H,4-14,18,21-25H2,1-3H3. The van der Waals surface area contributed by atoms with E-state index in [1.54, 1.807) is 0 Å². The van der Waals surface area contributed by atoms with Crippen LogP contribution in [0.15, 0.2) is 30.3 Å². The van der Waals surface area contributed by atoms with E-state index in [4.69, 9.17) is 18.9 Å². The Morgan fingerprint density at radius 2 is 1.48 bits per heavy atom. The number of benzene rings is 1. The summed E-state index contributed by atoms with van der Waals surface area (Å²) in [4.78, 5) is 0. The van der Waals surface area contributed by atoms with Gasteiger partial charge < -0.3 is 18.9 Å². The average molecular weight is 463 g/mol. The van der Waals surface area contributed by atoms with Gasteiger partial charge in [-0.15, -0.1) is 0 Å². The summed E-state index contributed by atoms with van der Waals surface area (Å²) < 4.78 is 23.7. The van der Waals surface area contributed by atoms with Gasteiger partial charge in [0.05, 0.1) is 32.5 Å². The van der Waals surface area contributed by atoms with E-state index in [1.165, 1.54) is 82.6 Å². The highest BCUT2D eigenvalue weighted by molar-refractivity contribution is 5.13. The molecule has 190 valence electrons. The van der Waals surface area contributed by atoms with Gasteiger partial charge >= 0.3 is 0 Å². The average Bonchev–Trinajstić information content (AvgIpc) is 3.16. The van der Waals surface area contributed by atoms with Crippen molar-refractivity contribution >= 4 is 0 Å². The van der Waals surface area contributed by atoms with Gasteiger partial charge in [0.1, 0.15) is 6.10 Å². The van der Waals surface area contributed by atoms with Crippen molar-refractivity contribution in [3.8, 4) is 0 Å².